The standard InChI is InChI=1S/C24H36O6/c1-3-14-5-9-16(10-6-14)23-26-13-18-19(28-23)20-21(22(25)27-18)30-24(29-20)17-11-7-15(4-2)8-12-17/h3-4,14-25H,1-2,5-13H2. The second kappa shape index (κ2) is 9.00. The molecule has 2 aliphatic carbocycles. The minimum atomic E-state index is -1.00. The van der Waals surface area contributed by atoms with E-state index in [0.717, 1.165) is 51.4 Å². The van der Waals surface area contributed by atoms with Gasteiger partial charge in [-0.2, -0.15) is 0 Å². The van der Waals surface area contributed by atoms with E-state index < -0.39 is 12.4 Å². The zero-order valence-electron chi connectivity index (χ0n) is 17.8. The molecule has 5 aliphatic rings. The van der Waals surface area contributed by atoms with Gasteiger partial charge in [0.1, 0.15) is 24.4 Å². The first kappa shape index (κ1) is 21.1. The molecule has 6 nitrogen and oxygen atoms in total. The minimum absolute atomic E-state index is 0.234. The summed E-state index contributed by atoms with van der Waals surface area (Å²) in [5.41, 5.74) is 0. The van der Waals surface area contributed by atoms with Crippen LogP contribution in [-0.2, 0) is 23.7 Å². The molecule has 5 rings (SSSR count). The van der Waals surface area contributed by atoms with Crippen LogP contribution in [0.3, 0.4) is 0 Å². The quantitative estimate of drug-likeness (QED) is 0.702. The van der Waals surface area contributed by atoms with Gasteiger partial charge in [-0.1, -0.05) is 12.2 Å². The van der Waals surface area contributed by atoms with E-state index in [1.165, 1.54) is 0 Å². The molecule has 3 heterocycles. The molecule has 30 heavy (non-hydrogen) atoms. The third-order valence-corrected chi connectivity index (χ3v) is 7.98. The molecule has 1 N–H and O–H groups in total. The SMILES string of the molecule is C=CC1CCC(C2OCC3OC(O)C4OC(C5CCC(C=C)CC5)OC4C3O2)CC1. The van der Waals surface area contributed by atoms with Crippen molar-refractivity contribution in [1.82, 2.24) is 0 Å². The van der Waals surface area contributed by atoms with Crippen LogP contribution >= 0.6 is 0 Å². The molecule has 6 heteroatoms. The number of rotatable bonds is 4. The number of aliphatic hydroxyl groups excluding tert-OH is 1. The van der Waals surface area contributed by atoms with Gasteiger partial charge in [-0.05, 0) is 63.2 Å². The molecule has 7 unspecified atom stereocenters. The Morgan fingerprint density at radius 2 is 1.17 bits per heavy atom. The number of fused-ring (bicyclic) bond motifs is 3. The van der Waals surface area contributed by atoms with Crippen molar-refractivity contribution in [3.63, 3.8) is 0 Å². The van der Waals surface area contributed by atoms with Crippen LogP contribution in [0.25, 0.3) is 0 Å². The second-order valence-corrected chi connectivity index (χ2v) is 9.76. The molecule has 5 fully saturated rings. The maximum Gasteiger partial charge on any atom is 0.184 e. The van der Waals surface area contributed by atoms with Gasteiger partial charge in [0.15, 0.2) is 18.9 Å². The van der Waals surface area contributed by atoms with E-state index in [9.17, 15) is 5.11 Å². The Kier molecular flexibility index (Phi) is 6.33. The fourth-order valence-electron chi connectivity index (χ4n) is 5.99. The number of hydrogen-bond donors (Lipinski definition) is 1. The summed E-state index contributed by atoms with van der Waals surface area (Å²) in [5, 5.41) is 10.5. The number of ether oxygens (including phenoxy) is 5. The zero-order valence-corrected chi connectivity index (χ0v) is 17.8. The Morgan fingerprint density at radius 1 is 0.633 bits per heavy atom. The van der Waals surface area contributed by atoms with Gasteiger partial charge in [-0.25, -0.2) is 0 Å². The molecule has 0 radical (unpaired) electrons. The lowest BCUT2D eigenvalue weighted by molar-refractivity contribution is -0.346. The van der Waals surface area contributed by atoms with Gasteiger partial charge >= 0.3 is 0 Å². The molecular formula is C24H36O6. The predicted molar refractivity (Wildman–Crippen MR) is 110 cm³/mol. The van der Waals surface area contributed by atoms with Crippen molar-refractivity contribution in [3.8, 4) is 0 Å². The maximum atomic E-state index is 10.5. The van der Waals surface area contributed by atoms with Gasteiger partial charge in [-0.3, -0.25) is 0 Å². The minimum Gasteiger partial charge on any atom is -0.366 e. The Labute approximate surface area is 179 Å². The monoisotopic (exact) mass is 420 g/mol. The van der Waals surface area contributed by atoms with Crippen molar-refractivity contribution in [2.75, 3.05) is 6.61 Å². The molecule has 3 aliphatic heterocycles. The highest BCUT2D eigenvalue weighted by Gasteiger charge is 2.56. The average Bonchev–Trinajstić information content (AvgIpc) is 3.26. The molecule has 2 saturated carbocycles. The highest BCUT2D eigenvalue weighted by molar-refractivity contribution is 4.98. The van der Waals surface area contributed by atoms with Crippen LogP contribution in [-0.4, -0.2) is 55.0 Å². The van der Waals surface area contributed by atoms with Gasteiger partial charge in [-0.15, -0.1) is 13.2 Å². The largest absolute Gasteiger partial charge is 0.366 e. The molecule has 0 aromatic carbocycles. The summed E-state index contributed by atoms with van der Waals surface area (Å²) in [6.07, 6.45) is 10.0. The van der Waals surface area contributed by atoms with E-state index >= 15 is 0 Å². The van der Waals surface area contributed by atoms with E-state index in [2.05, 4.69) is 25.3 Å². The van der Waals surface area contributed by atoms with E-state index in [0.29, 0.717) is 30.3 Å². The Balaban J connectivity index is 1.23. The highest BCUT2D eigenvalue weighted by atomic mass is 16.8. The molecule has 0 amide bonds. The lowest BCUT2D eigenvalue weighted by Gasteiger charge is -2.46. The van der Waals surface area contributed by atoms with Crippen LogP contribution in [0.1, 0.15) is 51.4 Å². The van der Waals surface area contributed by atoms with E-state index in [4.69, 9.17) is 23.7 Å². The fourth-order valence-corrected chi connectivity index (χ4v) is 5.99. The van der Waals surface area contributed by atoms with Crippen LogP contribution in [0.2, 0.25) is 0 Å². The highest BCUT2D eigenvalue weighted by Crippen LogP contribution is 2.43. The van der Waals surface area contributed by atoms with Gasteiger partial charge < -0.3 is 28.8 Å². The lowest BCUT2D eigenvalue weighted by Crippen LogP contribution is -2.62. The van der Waals surface area contributed by atoms with E-state index in [-0.39, 0.29) is 30.9 Å². The molecule has 0 aromatic rings. The predicted octanol–water partition coefficient (Wildman–Crippen LogP) is 3.54. The van der Waals surface area contributed by atoms with Crippen LogP contribution in [0.5, 0.6) is 0 Å². The van der Waals surface area contributed by atoms with Gasteiger partial charge in [0.25, 0.3) is 0 Å². The first-order chi connectivity index (χ1) is 14.7. The Bertz CT molecular complexity index is 609. The number of allylic oxidation sites excluding steroid dienone is 2. The molecule has 0 aromatic heterocycles. The summed E-state index contributed by atoms with van der Waals surface area (Å²) < 4.78 is 30.9. The smallest absolute Gasteiger partial charge is 0.184 e. The summed E-state index contributed by atoms with van der Waals surface area (Å²) in [6.45, 7) is 8.29. The summed E-state index contributed by atoms with van der Waals surface area (Å²) >= 11 is 0. The van der Waals surface area contributed by atoms with Crippen molar-refractivity contribution in [2.24, 2.45) is 23.7 Å². The van der Waals surface area contributed by atoms with Crippen molar-refractivity contribution >= 4 is 0 Å². The second-order valence-electron chi connectivity index (χ2n) is 9.76. The van der Waals surface area contributed by atoms with E-state index in [1.54, 1.807) is 0 Å². The van der Waals surface area contributed by atoms with E-state index in [1.807, 2.05) is 0 Å². The molecule has 7 atom stereocenters. The zero-order chi connectivity index (χ0) is 20.7. The summed E-state index contributed by atoms with van der Waals surface area (Å²) in [7, 11) is 0. The lowest BCUT2D eigenvalue weighted by atomic mass is 9.81. The van der Waals surface area contributed by atoms with Gasteiger partial charge in [0.05, 0.1) is 6.61 Å². The first-order valence-electron chi connectivity index (χ1n) is 11.8. The molecule has 3 saturated heterocycles. The third-order valence-electron chi connectivity index (χ3n) is 7.98. The number of aliphatic hydroxyl groups is 1. The fraction of sp³-hybridized carbons (Fsp3) is 0.833. The average molecular weight is 421 g/mol. The summed E-state index contributed by atoms with van der Waals surface area (Å²) in [4.78, 5) is 0. The Morgan fingerprint density at radius 3 is 1.77 bits per heavy atom. The van der Waals surface area contributed by atoms with Gasteiger partial charge in [0.2, 0.25) is 0 Å². The van der Waals surface area contributed by atoms with Crippen LogP contribution in [0, 0.1) is 23.7 Å². The maximum absolute atomic E-state index is 10.5. The van der Waals surface area contributed by atoms with Crippen LogP contribution in [0.4, 0.5) is 0 Å². The normalized spacial score (nSPS) is 51.6. The molecule has 168 valence electrons. The van der Waals surface area contributed by atoms with Crippen molar-refractivity contribution < 1.29 is 28.8 Å². The summed E-state index contributed by atoms with van der Waals surface area (Å²) in [6, 6.07) is 0. The number of hydrogen-bond acceptors (Lipinski definition) is 6. The topological polar surface area (TPSA) is 66.4 Å². The van der Waals surface area contributed by atoms with Gasteiger partial charge in [0, 0.05) is 11.8 Å². The van der Waals surface area contributed by atoms with Crippen molar-refractivity contribution in [1.29, 1.82) is 0 Å². The van der Waals surface area contributed by atoms with Crippen LogP contribution in [0.15, 0.2) is 25.3 Å². The molecule has 0 bridgehead atoms. The molecular weight excluding hydrogens is 384 g/mol. The van der Waals surface area contributed by atoms with Crippen molar-refractivity contribution in [2.45, 2.75) is 94.7 Å². The Hall–Kier alpha value is -0.760. The van der Waals surface area contributed by atoms with Crippen molar-refractivity contribution in [3.05, 3.63) is 25.3 Å². The third kappa shape index (κ3) is 4.03. The van der Waals surface area contributed by atoms with Crippen LogP contribution < -0.4 is 0 Å². The molecule has 0 spiro atoms. The summed E-state index contributed by atoms with van der Waals surface area (Å²) in [5.74, 6) is 1.94. The first-order valence-corrected chi connectivity index (χ1v) is 11.8.